The van der Waals surface area contributed by atoms with Gasteiger partial charge in [-0.3, -0.25) is 4.90 Å². The van der Waals surface area contributed by atoms with Crippen molar-refractivity contribution in [1.82, 2.24) is 10.2 Å². The number of carboxylic acid groups (broad SMARTS) is 4. The summed E-state index contributed by atoms with van der Waals surface area (Å²) in [6.07, 6.45) is -1.89. The van der Waals surface area contributed by atoms with Gasteiger partial charge in [-0.25, -0.2) is 0 Å². The zero-order valence-electron chi connectivity index (χ0n) is 13.6. The first-order chi connectivity index (χ1) is 10.6. The molecule has 1 radical (unpaired) electrons. The van der Waals surface area contributed by atoms with Crippen LogP contribution in [-0.2, 0) is 36.2 Å². The Balaban J connectivity index is -0.00000242. The Labute approximate surface area is 176 Å². The van der Waals surface area contributed by atoms with E-state index in [0.29, 0.717) is 4.90 Å². The molecule has 0 fully saturated rings. The summed E-state index contributed by atoms with van der Waals surface area (Å²) in [5, 5.41) is 46.2. The number of nitrogens with zero attached hydrogens (tertiary/aromatic N) is 1. The minimum absolute atomic E-state index is 0. The van der Waals surface area contributed by atoms with E-state index in [2.05, 4.69) is 5.32 Å². The van der Waals surface area contributed by atoms with Crippen molar-refractivity contribution in [2.45, 2.75) is 18.4 Å². The Morgan fingerprint density at radius 3 is 1.56 bits per heavy atom. The van der Waals surface area contributed by atoms with E-state index in [4.69, 9.17) is 5.73 Å². The zero-order chi connectivity index (χ0) is 18.0. The van der Waals surface area contributed by atoms with Crippen molar-refractivity contribution in [2.75, 3.05) is 32.7 Å². The quantitative estimate of drug-likeness (QED) is 0.216. The van der Waals surface area contributed by atoms with Gasteiger partial charge in [0.05, 0.1) is 11.9 Å². The Morgan fingerprint density at radius 2 is 1.28 bits per heavy atom. The normalized spacial score (nSPS) is 10.5. The van der Waals surface area contributed by atoms with Crippen molar-refractivity contribution in [3.63, 3.8) is 0 Å². The number of rotatable bonds is 13. The van der Waals surface area contributed by atoms with Gasteiger partial charge in [-0.2, -0.15) is 0 Å². The summed E-state index contributed by atoms with van der Waals surface area (Å²) < 4.78 is 0. The topological polar surface area (TPSA) is 202 Å². The number of carbonyl (C=O) groups excluding carboxylic acids is 4. The molecule has 0 saturated heterocycles. The molecule has 0 bridgehead atoms. The molecule has 3 N–H and O–H groups in total. The second kappa shape index (κ2) is 14.4. The molecule has 0 saturated carbocycles. The number of aliphatic carboxylic acids is 4. The molecular weight excluding hydrogens is 393 g/mol. The Bertz CT molecular complexity index is 434. The maximum Gasteiger partial charge on any atom is 3.00 e. The first kappa shape index (κ1) is 29.1. The van der Waals surface area contributed by atoms with Crippen molar-refractivity contribution in [3.05, 3.63) is 0 Å². The van der Waals surface area contributed by atoms with Crippen molar-refractivity contribution in [3.8, 4) is 0 Å². The summed E-state index contributed by atoms with van der Waals surface area (Å²) in [6, 6.07) is 0. The summed E-state index contributed by atoms with van der Waals surface area (Å²) in [4.78, 5) is 44.2. The van der Waals surface area contributed by atoms with Crippen LogP contribution >= 0.6 is 0 Å². The molecule has 0 unspecified atom stereocenters. The molecule has 0 aromatic heterocycles. The predicted octanol–water partition coefficient (Wildman–Crippen LogP) is -10.6. The third-order valence-electron chi connectivity index (χ3n) is 3.03. The number of carboxylic acids is 4. The number of nitrogens with two attached hydrogens (primary N) is 1. The molecule has 13 heteroatoms. The van der Waals surface area contributed by atoms with Gasteiger partial charge >= 0.3 is 46.6 Å². The fraction of sp³-hybridized carbons (Fsp3) is 0.667. The number of nitrogens with one attached hydrogen (secondary N) is 1. The van der Waals surface area contributed by atoms with Gasteiger partial charge in [-0.05, 0) is 0 Å². The van der Waals surface area contributed by atoms with E-state index in [9.17, 15) is 39.6 Å². The second-order valence-corrected chi connectivity index (χ2v) is 4.89. The number of hydrogen-bond acceptors (Lipinski definition) is 11. The third kappa shape index (κ3) is 12.3. The summed E-state index contributed by atoms with van der Waals surface area (Å²) in [5.74, 6) is -6.82. The average Bonchev–Trinajstić information content (AvgIpc) is 2.35. The molecular formula is C12H17FeN3NaO8. The van der Waals surface area contributed by atoms with Crippen LogP contribution in [0.4, 0.5) is 0 Å². The molecule has 0 aliphatic heterocycles. The van der Waals surface area contributed by atoms with Gasteiger partial charge in [-0.15, -0.1) is 0 Å². The minimum Gasteiger partial charge on any atom is -0.550 e. The molecule has 0 aromatic carbocycles. The van der Waals surface area contributed by atoms with E-state index >= 15 is 0 Å². The van der Waals surface area contributed by atoms with Crippen LogP contribution in [0.2, 0.25) is 0 Å². The predicted molar refractivity (Wildman–Crippen MR) is 65.5 cm³/mol. The average molecular weight is 410 g/mol. The van der Waals surface area contributed by atoms with Crippen LogP contribution in [0.5, 0.6) is 0 Å². The Morgan fingerprint density at radius 1 is 0.880 bits per heavy atom. The van der Waals surface area contributed by atoms with Gasteiger partial charge in [0.15, 0.2) is 0 Å². The van der Waals surface area contributed by atoms with Crippen LogP contribution in [0.1, 0.15) is 12.8 Å². The molecule has 0 rings (SSSR count). The first-order valence-electron chi connectivity index (χ1n) is 6.58. The SMILES string of the molecule is NCCNCC(CC(=O)[O-])(CC(=O)[O-])N(CC(=O)[O-])CC(=O)[O-].[Fe+3].[Na+]. The summed E-state index contributed by atoms with van der Waals surface area (Å²) in [5.41, 5.74) is 3.33. The molecule has 11 nitrogen and oxygen atoms in total. The van der Waals surface area contributed by atoms with E-state index < -0.39 is 55.3 Å². The number of carbonyl (C=O) groups is 4. The smallest absolute Gasteiger partial charge is 0.550 e. The second-order valence-electron chi connectivity index (χ2n) is 4.89. The molecule has 0 spiro atoms. The Kier molecular flexibility index (Phi) is 16.8. The van der Waals surface area contributed by atoms with Gasteiger partial charge < -0.3 is 50.7 Å². The third-order valence-corrected chi connectivity index (χ3v) is 3.03. The molecule has 0 aromatic rings. The van der Waals surface area contributed by atoms with Crippen LogP contribution in [-0.4, -0.2) is 67.0 Å². The summed E-state index contributed by atoms with van der Waals surface area (Å²) in [6.45, 7) is -2.11. The first-order valence-corrected chi connectivity index (χ1v) is 6.58. The summed E-state index contributed by atoms with van der Waals surface area (Å²) >= 11 is 0. The van der Waals surface area contributed by atoms with Crippen LogP contribution in [0.3, 0.4) is 0 Å². The van der Waals surface area contributed by atoms with Gasteiger partial charge in [0.2, 0.25) is 0 Å². The van der Waals surface area contributed by atoms with Crippen LogP contribution in [0.15, 0.2) is 0 Å². The molecule has 25 heavy (non-hydrogen) atoms. The van der Waals surface area contributed by atoms with Crippen LogP contribution < -0.4 is 61.0 Å². The molecule has 0 heterocycles. The van der Waals surface area contributed by atoms with Gasteiger partial charge in [-0.1, -0.05) is 0 Å². The fourth-order valence-electron chi connectivity index (χ4n) is 2.19. The van der Waals surface area contributed by atoms with Crippen LogP contribution in [0.25, 0.3) is 0 Å². The van der Waals surface area contributed by atoms with Crippen molar-refractivity contribution in [1.29, 1.82) is 0 Å². The van der Waals surface area contributed by atoms with Crippen LogP contribution in [0, 0.1) is 0 Å². The molecule has 137 valence electrons. The van der Waals surface area contributed by atoms with E-state index in [0.717, 1.165) is 0 Å². The van der Waals surface area contributed by atoms with Gasteiger partial charge in [0.25, 0.3) is 0 Å². The van der Waals surface area contributed by atoms with Crippen molar-refractivity contribution in [2.24, 2.45) is 5.73 Å². The van der Waals surface area contributed by atoms with E-state index in [1.54, 1.807) is 0 Å². The molecule has 0 aliphatic carbocycles. The molecule has 0 aliphatic rings. The van der Waals surface area contributed by atoms with Crippen molar-refractivity contribution < 1.29 is 86.2 Å². The maximum absolute atomic E-state index is 11.0. The summed E-state index contributed by atoms with van der Waals surface area (Å²) in [7, 11) is 0. The standard InChI is InChI=1S/C12H21N3O8.Fe.Na/c13-1-2-14-7-12(3-8(16)17,4-9(18)19)15(5-10(20)21)6-11(22)23;;/h14H,1-7,13H2,(H,16,17)(H,18,19)(H,20,21)(H,22,23);;/q;+3;+1/p-4. The van der Waals surface area contributed by atoms with Crippen molar-refractivity contribution >= 4 is 23.9 Å². The van der Waals surface area contributed by atoms with E-state index in [-0.39, 0.29) is 66.3 Å². The Hall–Kier alpha value is -0.721. The minimum atomic E-state index is -1.92. The molecule has 0 atom stereocenters. The maximum atomic E-state index is 11.0. The molecule has 0 amide bonds. The fourth-order valence-corrected chi connectivity index (χ4v) is 2.19. The number of hydrogen-bond donors (Lipinski definition) is 2. The van der Waals surface area contributed by atoms with Gasteiger partial charge in [0, 0.05) is 63.0 Å². The van der Waals surface area contributed by atoms with E-state index in [1.165, 1.54) is 0 Å². The van der Waals surface area contributed by atoms with E-state index in [1.807, 2.05) is 0 Å². The van der Waals surface area contributed by atoms with Gasteiger partial charge in [0.1, 0.15) is 0 Å². The monoisotopic (exact) mass is 410 g/mol. The largest absolute Gasteiger partial charge is 3.00 e. The zero-order valence-corrected chi connectivity index (χ0v) is 16.7.